The van der Waals surface area contributed by atoms with E-state index < -0.39 is 0 Å². The Morgan fingerprint density at radius 2 is 1.66 bits per heavy atom. The first-order valence-corrected chi connectivity index (χ1v) is 10.6. The molecule has 7 heteroatoms. The Bertz CT molecular complexity index is 1040. The van der Waals surface area contributed by atoms with Gasteiger partial charge in [0.05, 0.1) is 25.4 Å². The van der Waals surface area contributed by atoms with Gasteiger partial charge in [-0.2, -0.15) is 0 Å². The van der Waals surface area contributed by atoms with Crippen LogP contribution in [0.25, 0.3) is 0 Å². The third kappa shape index (κ3) is 5.24. The molecule has 4 rings (SSSR count). The van der Waals surface area contributed by atoms with E-state index in [1.807, 2.05) is 71.6 Å². The van der Waals surface area contributed by atoms with E-state index in [1.54, 1.807) is 13.3 Å². The Kier molecular flexibility index (Phi) is 6.65. The van der Waals surface area contributed by atoms with Crippen molar-refractivity contribution in [2.75, 3.05) is 43.5 Å². The third-order valence-corrected chi connectivity index (χ3v) is 5.47. The van der Waals surface area contributed by atoms with Crippen molar-refractivity contribution in [3.05, 3.63) is 84.1 Å². The summed E-state index contributed by atoms with van der Waals surface area (Å²) in [5.74, 6) is 1.56. The number of rotatable bonds is 6. The van der Waals surface area contributed by atoms with E-state index in [1.165, 1.54) is 0 Å². The second-order valence-electron chi connectivity index (χ2n) is 7.62. The van der Waals surface area contributed by atoms with Crippen LogP contribution in [0.2, 0.25) is 0 Å². The minimum atomic E-state index is -0.0993. The molecular weight excluding hydrogens is 404 g/mol. The van der Waals surface area contributed by atoms with Crippen LogP contribution in [0.1, 0.15) is 15.9 Å². The van der Waals surface area contributed by atoms with Crippen LogP contribution >= 0.6 is 0 Å². The first-order chi connectivity index (χ1) is 15.6. The molecule has 0 radical (unpaired) electrons. The maximum Gasteiger partial charge on any atom is 0.253 e. The average molecular weight is 431 g/mol. The summed E-state index contributed by atoms with van der Waals surface area (Å²) in [7, 11) is 1.61. The molecule has 0 saturated carbocycles. The predicted molar refractivity (Wildman–Crippen MR) is 124 cm³/mol. The quantitative estimate of drug-likeness (QED) is 0.650. The molecule has 0 atom stereocenters. The van der Waals surface area contributed by atoms with Gasteiger partial charge in [0, 0.05) is 31.7 Å². The Balaban J connectivity index is 1.28. The lowest BCUT2D eigenvalue weighted by Gasteiger charge is -2.35. The molecular formula is C25H26N4O3. The number of anilines is 2. The molecule has 2 heterocycles. The van der Waals surface area contributed by atoms with Crippen molar-refractivity contribution in [3.63, 3.8) is 0 Å². The number of aromatic nitrogens is 1. The van der Waals surface area contributed by atoms with Gasteiger partial charge in [-0.1, -0.05) is 30.3 Å². The molecule has 1 N–H and O–H groups in total. The lowest BCUT2D eigenvalue weighted by atomic mass is 10.1. The minimum absolute atomic E-state index is 0.0631. The Labute approximate surface area is 187 Å². The molecule has 0 unspecified atom stereocenters. The van der Waals surface area contributed by atoms with Crippen LogP contribution in [0.5, 0.6) is 5.75 Å². The van der Waals surface area contributed by atoms with E-state index in [0.29, 0.717) is 24.3 Å². The highest BCUT2D eigenvalue weighted by Gasteiger charge is 2.22. The highest BCUT2D eigenvalue weighted by atomic mass is 16.5. The molecule has 1 aliphatic rings. The zero-order chi connectivity index (χ0) is 22.3. The van der Waals surface area contributed by atoms with Gasteiger partial charge in [-0.05, 0) is 42.0 Å². The van der Waals surface area contributed by atoms with Gasteiger partial charge >= 0.3 is 0 Å². The van der Waals surface area contributed by atoms with Gasteiger partial charge in [-0.25, -0.2) is 4.98 Å². The normalized spacial score (nSPS) is 13.5. The average Bonchev–Trinajstić information content (AvgIpc) is 2.85. The number of carbonyl (C=O) groups is 2. The second kappa shape index (κ2) is 9.96. The molecule has 2 aromatic carbocycles. The topological polar surface area (TPSA) is 74.8 Å². The summed E-state index contributed by atoms with van der Waals surface area (Å²) in [6.07, 6.45) is 1.95. The number of amides is 2. The SMILES string of the molecule is COc1ccc(CC(=O)Nc2ccc(N3CCN(C(=O)c4ccccc4)CC3)nc2)cc1. The lowest BCUT2D eigenvalue weighted by molar-refractivity contribution is -0.115. The summed E-state index contributed by atoms with van der Waals surface area (Å²) < 4.78 is 5.14. The van der Waals surface area contributed by atoms with Gasteiger partial charge in [0.1, 0.15) is 11.6 Å². The zero-order valence-electron chi connectivity index (χ0n) is 18.0. The molecule has 1 aromatic heterocycles. The van der Waals surface area contributed by atoms with Gasteiger partial charge in [0.2, 0.25) is 5.91 Å². The number of piperazine rings is 1. The number of pyridine rings is 1. The van der Waals surface area contributed by atoms with E-state index >= 15 is 0 Å². The smallest absolute Gasteiger partial charge is 0.253 e. The third-order valence-electron chi connectivity index (χ3n) is 5.47. The molecule has 0 aliphatic carbocycles. The van der Waals surface area contributed by atoms with Crippen molar-refractivity contribution in [3.8, 4) is 5.75 Å². The zero-order valence-corrected chi connectivity index (χ0v) is 18.0. The number of nitrogens with one attached hydrogen (secondary N) is 1. The predicted octanol–water partition coefficient (Wildman–Crippen LogP) is 3.23. The Morgan fingerprint density at radius 3 is 2.28 bits per heavy atom. The number of ether oxygens (including phenoxy) is 1. The first-order valence-electron chi connectivity index (χ1n) is 10.6. The molecule has 7 nitrogen and oxygen atoms in total. The second-order valence-corrected chi connectivity index (χ2v) is 7.62. The van der Waals surface area contributed by atoms with Crippen LogP contribution in [-0.2, 0) is 11.2 Å². The van der Waals surface area contributed by atoms with E-state index in [4.69, 9.17) is 4.74 Å². The summed E-state index contributed by atoms with van der Waals surface area (Å²) >= 11 is 0. The van der Waals surface area contributed by atoms with E-state index in [-0.39, 0.29) is 18.2 Å². The van der Waals surface area contributed by atoms with E-state index in [2.05, 4.69) is 15.2 Å². The molecule has 32 heavy (non-hydrogen) atoms. The maximum absolute atomic E-state index is 12.6. The van der Waals surface area contributed by atoms with Crippen molar-refractivity contribution in [2.24, 2.45) is 0 Å². The summed E-state index contributed by atoms with van der Waals surface area (Å²) in [6.45, 7) is 2.73. The van der Waals surface area contributed by atoms with Gasteiger partial charge in [-0.15, -0.1) is 0 Å². The molecule has 1 fully saturated rings. The van der Waals surface area contributed by atoms with Crippen molar-refractivity contribution in [1.29, 1.82) is 0 Å². The molecule has 164 valence electrons. The van der Waals surface area contributed by atoms with Crippen molar-refractivity contribution in [2.45, 2.75) is 6.42 Å². The van der Waals surface area contributed by atoms with Crippen LogP contribution < -0.4 is 15.0 Å². The number of benzene rings is 2. The van der Waals surface area contributed by atoms with Crippen LogP contribution in [-0.4, -0.2) is 55.0 Å². The fourth-order valence-corrected chi connectivity index (χ4v) is 3.68. The fourth-order valence-electron chi connectivity index (χ4n) is 3.68. The van der Waals surface area contributed by atoms with Gasteiger partial charge in [0.25, 0.3) is 5.91 Å². The fraction of sp³-hybridized carbons (Fsp3) is 0.240. The number of hydrogen-bond donors (Lipinski definition) is 1. The van der Waals surface area contributed by atoms with Crippen LogP contribution in [0.4, 0.5) is 11.5 Å². The largest absolute Gasteiger partial charge is 0.497 e. The van der Waals surface area contributed by atoms with Gasteiger partial charge < -0.3 is 19.9 Å². The Hall–Kier alpha value is -3.87. The van der Waals surface area contributed by atoms with Crippen molar-refractivity contribution < 1.29 is 14.3 Å². The lowest BCUT2D eigenvalue weighted by Crippen LogP contribution is -2.49. The van der Waals surface area contributed by atoms with Crippen LogP contribution in [0.15, 0.2) is 72.9 Å². The first kappa shape index (κ1) is 21.4. The molecule has 2 amide bonds. The monoisotopic (exact) mass is 430 g/mol. The number of methoxy groups -OCH3 is 1. The molecule has 3 aromatic rings. The highest BCUT2D eigenvalue weighted by molar-refractivity contribution is 5.94. The number of carbonyl (C=O) groups excluding carboxylic acids is 2. The van der Waals surface area contributed by atoms with Crippen molar-refractivity contribution >= 4 is 23.3 Å². The molecule has 0 spiro atoms. The summed E-state index contributed by atoms with van der Waals surface area (Å²) in [5.41, 5.74) is 2.29. The summed E-state index contributed by atoms with van der Waals surface area (Å²) in [6, 6.07) is 20.5. The summed E-state index contributed by atoms with van der Waals surface area (Å²) in [4.78, 5) is 33.4. The number of nitrogens with zero attached hydrogens (tertiary/aromatic N) is 3. The molecule has 1 aliphatic heterocycles. The Morgan fingerprint density at radius 1 is 0.938 bits per heavy atom. The standard InChI is InChI=1S/C25H26N4O3/c1-32-22-10-7-19(8-11-22)17-24(30)27-21-9-12-23(26-18-21)28-13-15-29(16-14-28)25(31)20-5-3-2-4-6-20/h2-12,18H,13-17H2,1H3,(H,27,30). The van der Waals surface area contributed by atoms with E-state index in [0.717, 1.165) is 30.2 Å². The van der Waals surface area contributed by atoms with E-state index in [9.17, 15) is 9.59 Å². The maximum atomic E-state index is 12.6. The summed E-state index contributed by atoms with van der Waals surface area (Å²) in [5, 5.41) is 2.89. The molecule has 1 saturated heterocycles. The van der Waals surface area contributed by atoms with Crippen LogP contribution in [0, 0.1) is 0 Å². The molecule has 0 bridgehead atoms. The highest BCUT2D eigenvalue weighted by Crippen LogP contribution is 2.18. The van der Waals surface area contributed by atoms with Gasteiger partial charge in [0.15, 0.2) is 0 Å². The minimum Gasteiger partial charge on any atom is -0.497 e. The van der Waals surface area contributed by atoms with Crippen molar-refractivity contribution in [1.82, 2.24) is 9.88 Å². The van der Waals surface area contributed by atoms with Gasteiger partial charge in [-0.3, -0.25) is 9.59 Å². The van der Waals surface area contributed by atoms with Crippen LogP contribution in [0.3, 0.4) is 0 Å². The number of hydrogen-bond acceptors (Lipinski definition) is 5.